The molecule has 0 aliphatic carbocycles. The van der Waals surface area contributed by atoms with Gasteiger partial charge in [-0.25, -0.2) is 0 Å². The summed E-state index contributed by atoms with van der Waals surface area (Å²) < 4.78 is 0. The Bertz CT molecular complexity index is 224. The Hall–Kier alpha value is -0.380. The molecule has 4 N–H and O–H groups in total. The zero-order valence-electron chi connectivity index (χ0n) is 12.1. The molecule has 0 radical (unpaired) electrons. The molecule has 1 atom stereocenters. The molecule has 17 heavy (non-hydrogen) atoms. The van der Waals surface area contributed by atoms with Crippen LogP contribution in [0.5, 0.6) is 0 Å². The van der Waals surface area contributed by atoms with Crippen molar-refractivity contribution in [3.8, 4) is 0 Å². The standard InChI is InChI=1S/C14H31N3/c1-6-11-17(7-2)14(4,5)12(3)13(16)9-8-10-15/h13H,3,6-11,15-16H2,1-2,4-5H3. The summed E-state index contributed by atoms with van der Waals surface area (Å²) in [7, 11) is 0. The summed E-state index contributed by atoms with van der Waals surface area (Å²) >= 11 is 0. The summed E-state index contributed by atoms with van der Waals surface area (Å²) in [5.74, 6) is 0. The smallest absolute Gasteiger partial charge is 0.0376 e. The molecule has 0 heterocycles. The van der Waals surface area contributed by atoms with Gasteiger partial charge in [0.05, 0.1) is 0 Å². The lowest BCUT2D eigenvalue weighted by Crippen LogP contribution is -2.49. The molecule has 0 aromatic heterocycles. The van der Waals surface area contributed by atoms with Crippen LogP contribution >= 0.6 is 0 Å². The minimum atomic E-state index is -0.0290. The average Bonchev–Trinajstić information content (AvgIpc) is 2.31. The van der Waals surface area contributed by atoms with E-state index in [2.05, 4.69) is 39.2 Å². The summed E-state index contributed by atoms with van der Waals surface area (Å²) in [6.45, 7) is 15.9. The van der Waals surface area contributed by atoms with Crippen molar-refractivity contribution < 1.29 is 0 Å². The first-order valence-corrected chi connectivity index (χ1v) is 6.81. The summed E-state index contributed by atoms with van der Waals surface area (Å²) in [5.41, 5.74) is 12.8. The van der Waals surface area contributed by atoms with Gasteiger partial charge in [-0.1, -0.05) is 20.4 Å². The second kappa shape index (κ2) is 7.85. The highest BCUT2D eigenvalue weighted by molar-refractivity contribution is 5.19. The van der Waals surface area contributed by atoms with Gasteiger partial charge in [0.25, 0.3) is 0 Å². The summed E-state index contributed by atoms with van der Waals surface area (Å²) in [4.78, 5) is 2.44. The van der Waals surface area contributed by atoms with E-state index in [0.717, 1.165) is 37.9 Å². The van der Waals surface area contributed by atoms with Crippen LogP contribution in [0.2, 0.25) is 0 Å². The molecule has 3 heteroatoms. The van der Waals surface area contributed by atoms with Gasteiger partial charge in [-0.2, -0.15) is 0 Å². The van der Waals surface area contributed by atoms with Crippen molar-refractivity contribution >= 4 is 0 Å². The molecular weight excluding hydrogens is 210 g/mol. The fraction of sp³-hybridized carbons (Fsp3) is 0.857. The third-order valence-corrected chi connectivity index (χ3v) is 3.62. The minimum absolute atomic E-state index is 0.0290. The molecule has 3 nitrogen and oxygen atoms in total. The number of hydrogen-bond donors (Lipinski definition) is 2. The Labute approximate surface area is 107 Å². The lowest BCUT2D eigenvalue weighted by atomic mass is 9.86. The van der Waals surface area contributed by atoms with Gasteiger partial charge in [0.1, 0.15) is 0 Å². The molecule has 102 valence electrons. The van der Waals surface area contributed by atoms with E-state index in [9.17, 15) is 0 Å². The van der Waals surface area contributed by atoms with Crippen molar-refractivity contribution in [2.75, 3.05) is 19.6 Å². The van der Waals surface area contributed by atoms with Crippen molar-refractivity contribution in [3.05, 3.63) is 12.2 Å². The molecule has 0 aromatic rings. The van der Waals surface area contributed by atoms with Gasteiger partial charge in [-0.05, 0) is 58.3 Å². The van der Waals surface area contributed by atoms with Crippen LogP contribution in [0.25, 0.3) is 0 Å². The molecule has 0 aliphatic heterocycles. The second-order valence-electron chi connectivity index (χ2n) is 5.20. The molecule has 1 unspecified atom stereocenters. The van der Waals surface area contributed by atoms with Gasteiger partial charge in [-0.3, -0.25) is 4.90 Å². The predicted octanol–water partition coefficient (Wildman–Crippen LogP) is 2.12. The van der Waals surface area contributed by atoms with E-state index in [4.69, 9.17) is 11.5 Å². The Morgan fingerprint density at radius 2 is 1.94 bits per heavy atom. The maximum Gasteiger partial charge on any atom is 0.0376 e. The van der Waals surface area contributed by atoms with Crippen molar-refractivity contribution in [1.82, 2.24) is 4.90 Å². The SMILES string of the molecule is C=C(C(N)CCCN)C(C)(C)N(CC)CCC. The van der Waals surface area contributed by atoms with Crippen molar-refractivity contribution in [3.63, 3.8) is 0 Å². The van der Waals surface area contributed by atoms with Crippen LogP contribution in [0.1, 0.15) is 47.0 Å². The number of rotatable bonds is 9. The van der Waals surface area contributed by atoms with Gasteiger partial charge in [0.2, 0.25) is 0 Å². The third kappa shape index (κ3) is 4.78. The van der Waals surface area contributed by atoms with Crippen LogP contribution in [0.3, 0.4) is 0 Å². The second-order valence-corrected chi connectivity index (χ2v) is 5.20. The third-order valence-electron chi connectivity index (χ3n) is 3.62. The average molecular weight is 241 g/mol. The maximum atomic E-state index is 6.20. The van der Waals surface area contributed by atoms with E-state index in [0.29, 0.717) is 6.54 Å². The highest BCUT2D eigenvalue weighted by Gasteiger charge is 2.30. The molecule has 0 rings (SSSR count). The Balaban J connectivity index is 4.59. The van der Waals surface area contributed by atoms with Crippen LogP contribution in [-0.2, 0) is 0 Å². The molecule has 0 saturated heterocycles. The van der Waals surface area contributed by atoms with E-state index in [1.807, 2.05) is 0 Å². The van der Waals surface area contributed by atoms with Crippen molar-refractivity contribution in [2.24, 2.45) is 11.5 Å². The Kier molecular flexibility index (Phi) is 7.68. The predicted molar refractivity (Wildman–Crippen MR) is 77.0 cm³/mol. The lowest BCUT2D eigenvalue weighted by molar-refractivity contribution is 0.153. The number of likely N-dealkylation sites (N-methyl/N-ethyl adjacent to an activating group) is 1. The molecule has 0 spiro atoms. The Morgan fingerprint density at radius 3 is 2.35 bits per heavy atom. The first-order chi connectivity index (χ1) is 7.91. The van der Waals surface area contributed by atoms with Crippen LogP contribution in [0.4, 0.5) is 0 Å². The number of nitrogens with two attached hydrogens (primary N) is 2. The van der Waals surface area contributed by atoms with Crippen LogP contribution < -0.4 is 11.5 Å². The van der Waals surface area contributed by atoms with Crippen LogP contribution in [-0.4, -0.2) is 36.1 Å². The highest BCUT2D eigenvalue weighted by atomic mass is 15.2. The van der Waals surface area contributed by atoms with E-state index in [1.54, 1.807) is 0 Å². The minimum Gasteiger partial charge on any atom is -0.330 e. The van der Waals surface area contributed by atoms with Crippen LogP contribution in [0, 0.1) is 0 Å². The van der Waals surface area contributed by atoms with E-state index in [1.165, 1.54) is 0 Å². The molecule has 0 amide bonds. The van der Waals surface area contributed by atoms with Crippen molar-refractivity contribution in [2.45, 2.75) is 58.5 Å². The molecule has 0 bridgehead atoms. The summed E-state index contributed by atoms with van der Waals surface area (Å²) in [5, 5.41) is 0. The fourth-order valence-corrected chi connectivity index (χ4v) is 2.27. The quantitative estimate of drug-likeness (QED) is 0.608. The number of nitrogens with zero attached hydrogens (tertiary/aromatic N) is 1. The molecule has 0 aromatic carbocycles. The first kappa shape index (κ1) is 16.6. The zero-order chi connectivity index (χ0) is 13.5. The van der Waals surface area contributed by atoms with Gasteiger partial charge in [-0.15, -0.1) is 0 Å². The largest absolute Gasteiger partial charge is 0.330 e. The molecule has 0 saturated carbocycles. The van der Waals surface area contributed by atoms with Gasteiger partial charge >= 0.3 is 0 Å². The van der Waals surface area contributed by atoms with E-state index >= 15 is 0 Å². The fourth-order valence-electron chi connectivity index (χ4n) is 2.27. The summed E-state index contributed by atoms with van der Waals surface area (Å²) in [6, 6.07) is 0.0551. The zero-order valence-corrected chi connectivity index (χ0v) is 12.1. The lowest BCUT2D eigenvalue weighted by Gasteiger charge is -2.41. The maximum absolute atomic E-state index is 6.20. The highest BCUT2D eigenvalue weighted by Crippen LogP contribution is 2.26. The Morgan fingerprint density at radius 1 is 1.35 bits per heavy atom. The monoisotopic (exact) mass is 241 g/mol. The van der Waals surface area contributed by atoms with Gasteiger partial charge < -0.3 is 11.5 Å². The molecule has 0 fully saturated rings. The van der Waals surface area contributed by atoms with E-state index < -0.39 is 0 Å². The van der Waals surface area contributed by atoms with Crippen molar-refractivity contribution in [1.29, 1.82) is 0 Å². The van der Waals surface area contributed by atoms with Crippen LogP contribution in [0.15, 0.2) is 12.2 Å². The van der Waals surface area contributed by atoms with Gasteiger partial charge in [0.15, 0.2) is 0 Å². The van der Waals surface area contributed by atoms with Gasteiger partial charge in [0, 0.05) is 11.6 Å². The molecule has 0 aliphatic rings. The van der Waals surface area contributed by atoms with E-state index in [-0.39, 0.29) is 11.6 Å². The topological polar surface area (TPSA) is 55.3 Å². The first-order valence-electron chi connectivity index (χ1n) is 6.81. The molecular formula is C14H31N3. The number of hydrogen-bond acceptors (Lipinski definition) is 3. The summed E-state index contributed by atoms with van der Waals surface area (Å²) in [6.07, 6.45) is 3.06. The normalized spacial score (nSPS) is 14.1.